The number of fused-ring (bicyclic) bond motifs is 1. The fraction of sp³-hybridized carbons (Fsp3) is 0.176. The molecule has 0 saturated carbocycles. The highest BCUT2D eigenvalue weighted by molar-refractivity contribution is 7.89. The van der Waals surface area contributed by atoms with Crippen LogP contribution in [0.2, 0.25) is 0 Å². The third kappa shape index (κ3) is 3.68. The van der Waals surface area contributed by atoms with Crippen LogP contribution in [-0.4, -0.2) is 25.4 Å². The van der Waals surface area contributed by atoms with E-state index in [0.29, 0.717) is 17.7 Å². The standard InChI is InChI=1S/C17H17N3O5S/c1-2-20-14-9-8-13(10-15(14)25-17(20)22)26(23,24)18-11-16(21)19-12-6-4-3-5-7-12/h3-10,18H,2,11H2,1H3,(H,19,21). The lowest BCUT2D eigenvalue weighted by Gasteiger charge is -2.08. The number of aryl methyl sites for hydroxylation is 1. The van der Waals surface area contributed by atoms with Crippen molar-refractivity contribution in [3.05, 3.63) is 59.1 Å². The number of anilines is 1. The van der Waals surface area contributed by atoms with Crippen LogP contribution >= 0.6 is 0 Å². The van der Waals surface area contributed by atoms with Crippen molar-refractivity contribution >= 4 is 32.7 Å². The number of benzene rings is 2. The number of rotatable bonds is 6. The maximum Gasteiger partial charge on any atom is 0.419 e. The summed E-state index contributed by atoms with van der Waals surface area (Å²) in [7, 11) is -3.93. The van der Waals surface area contributed by atoms with Gasteiger partial charge in [-0.05, 0) is 31.2 Å². The molecular weight excluding hydrogens is 358 g/mol. The molecule has 0 atom stereocenters. The third-order valence-electron chi connectivity index (χ3n) is 3.75. The summed E-state index contributed by atoms with van der Waals surface area (Å²) in [5, 5.41) is 2.58. The maximum atomic E-state index is 12.4. The lowest BCUT2D eigenvalue weighted by Crippen LogP contribution is -2.32. The second-order valence-electron chi connectivity index (χ2n) is 5.48. The summed E-state index contributed by atoms with van der Waals surface area (Å²) in [6, 6.07) is 12.8. The lowest BCUT2D eigenvalue weighted by atomic mass is 10.3. The van der Waals surface area contributed by atoms with Crippen LogP contribution in [-0.2, 0) is 21.4 Å². The molecule has 3 aromatic rings. The summed E-state index contributed by atoms with van der Waals surface area (Å²) in [5.41, 5.74) is 1.26. The van der Waals surface area contributed by atoms with Gasteiger partial charge in [0.05, 0.1) is 17.0 Å². The van der Waals surface area contributed by atoms with Gasteiger partial charge in [0.2, 0.25) is 15.9 Å². The zero-order valence-electron chi connectivity index (χ0n) is 13.9. The van der Waals surface area contributed by atoms with Crippen LogP contribution < -0.4 is 15.8 Å². The van der Waals surface area contributed by atoms with E-state index in [-0.39, 0.29) is 10.5 Å². The number of para-hydroxylation sites is 1. The second-order valence-corrected chi connectivity index (χ2v) is 7.25. The number of hydrogen-bond donors (Lipinski definition) is 2. The van der Waals surface area contributed by atoms with Gasteiger partial charge >= 0.3 is 5.76 Å². The number of nitrogens with zero attached hydrogens (tertiary/aromatic N) is 1. The number of hydrogen-bond acceptors (Lipinski definition) is 5. The van der Waals surface area contributed by atoms with E-state index < -0.39 is 28.2 Å². The van der Waals surface area contributed by atoms with Gasteiger partial charge in [0.1, 0.15) is 0 Å². The Labute approximate surface area is 149 Å². The highest BCUT2D eigenvalue weighted by Crippen LogP contribution is 2.18. The van der Waals surface area contributed by atoms with Crippen molar-refractivity contribution in [1.82, 2.24) is 9.29 Å². The van der Waals surface area contributed by atoms with Gasteiger partial charge in [0.25, 0.3) is 0 Å². The van der Waals surface area contributed by atoms with Crippen molar-refractivity contribution in [2.75, 3.05) is 11.9 Å². The fourth-order valence-electron chi connectivity index (χ4n) is 2.48. The summed E-state index contributed by atoms with van der Waals surface area (Å²) in [5.74, 6) is -1.04. The molecule has 0 saturated heterocycles. The molecule has 2 aromatic carbocycles. The number of oxazole rings is 1. The van der Waals surface area contributed by atoms with Gasteiger partial charge in [-0.15, -0.1) is 0 Å². The molecule has 0 fully saturated rings. The molecule has 9 heteroatoms. The maximum absolute atomic E-state index is 12.4. The molecule has 1 aromatic heterocycles. The zero-order chi connectivity index (χ0) is 18.7. The molecule has 0 spiro atoms. The van der Waals surface area contributed by atoms with Crippen LogP contribution in [0.3, 0.4) is 0 Å². The number of carbonyl (C=O) groups excluding carboxylic acids is 1. The summed E-state index contributed by atoms with van der Waals surface area (Å²) >= 11 is 0. The van der Waals surface area contributed by atoms with Crippen LogP contribution in [0.1, 0.15) is 6.92 Å². The minimum Gasteiger partial charge on any atom is -0.408 e. The van der Waals surface area contributed by atoms with Crippen LogP contribution in [0.15, 0.2) is 62.6 Å². The van der Waals surface area contributed by atoms with Crippen molar-refractivity contribution in [2.24, 2.45) is 0 Å². The monoisotopic (exact) mass is 375 g/mol. The van der Waals surface area contributed by atoms with E-state index in [1.807, 2.05) is 0 Å². The number of sulfonamides is 1. The average Bonchev–Trinajstić information content (AvgIpc) is 2.95. The number of carbonyl (C=O) groups is 1. The summed E-state index contributed by atoms with van der Waals surface area (Å²) in [6.07, 6.45) is 0. The second kappa shape index (κ2) is 7.14. The molecule has 2 N–H and O–H groups in total. The number of aromatic nitrogens is 1. The van der Waals surface area contributed by atoms with Gasteiger partial charge in [-0.3, -0.25) is 9.36 Å². The number of nitrogens with one attached hydrogen (secondary N) is 2. The number of amides is 1. The Morgan fingerprint density at radius 1 is 1.15 bits per heavy atom. The van der Waals surface area contributed by atoms with E-state index in [2.05, 4.69) is 10.0 Å². The first-order valence-electron chi connectivity index (χ1n) is 7.88. The van der Waals surface area contributed by atoms with Gasteiger partial charge in [-0.25, -0.2) is 17.9 Å². The lowest BCUT2D eigenvalue weighted by molar-refractivity contribution is -0.115. The molecule has 1 amide bonds. The minimum absolute atomic E-state index is 0.0884. The Bertz CT molecular complexity index is 1100. The first-order valence-corrected chi connectivity index (χ1v) is 9.37. The van der Waals surface area contributed by atoms with E-state index in [4.69, 9.17) is 4.42 Å². The molecule has 26 heavy (non-hydrogen) atoms. The van der Waals surface area contributed by atoms with E-state index in [0.717, 1.165) is 0 Å². The summed E-state index contributed by atoms with van der Waals surface area (Å²) < 4.78 is 33.4. The van der Waals surface area contributed by atoms with Crippen LogP contribution in [0.5, 0.6) is 0 Å². The molecule has 3 rings (SSSR count). The Morgan fingerprint density at radius 2 is 1.88 bits per heavy atom. The predicted molar refractivity (Wildman–Crippen MR) is 96.4 cm³/mol. The largest absolute Gasteiger partial charge is 0.419 e. The van der Waals surface area contributed by atoms with Crippen molar-refractivity contribution in [3.8, 4) is 0 Å². The van der Waals surface area contributed by atoms with E-state index in [1.165, 1.54) is 22.8 Å². The smallest absolute Gasteiger partial charge is 0.408 e. The molecule has 0 bridgehead atoms. The highest BCUT2D eigenvalue weighted by atomic mass is 32.2. The zero-order valence-corrected chi connectivity index (χ0v) is 14.7. The molecule has 0 aliphatic heterocycles. The van der Waals surface area contributed by atoms with Crippen molar-refractivity contribution in [2.45, 2.75) is 18.4 Å². The normalized spacial score (nSPS) is 11.6. The quantitative estimate of drug-likeness (QED) is 0.679. The van der Waals surface area contributed by atoms with Gasteiger partial charge in [0, 0.05) is 18.3 Å². The SMILES string of the molecule is CCn1c(=O)oc2cc(S(=O)(=O)NCC(=O)Nc3ccccc3)ccc21. The van der Waals surface area contributed by atoms with Crippen molar-refractivity contribution in [1.29, 1.82) is 0 Å². The summed E-state index contributed by atoms with van der Waals surface area (Å²) in [4.78, 5) is 23.5. The van der Waals surface area contributed by atoms with Crippen molar-refractivity contribution in [3.63, 3.8) is 0 Å². The van der Waals surface area contributed by atoms with Crippen molar-refractivity contribution < 1.29 is 17.6 Å². The fourth-order valence-corrected chi connectivity index (χ4v) is 3.48. The molecule has 1 heterocycles. The van der Waals surface area contributed by atoms with Gasteiger partial charge in [0.15, 0.2) is 5.58 Å². The Hall–Kier alpha value is -2.91. The summed E-state index contributed by atoms with van der Waals surface area (Å²) in [6.45, 7) is 1.78. The third-order valence-corrected chi connectivity index (χ3v) is 5.15. The van der Waals surface area contributed by atoms with Gasteiger partial charge in [-0.2, -0.15) is 0 Å². The van der Waals surface area contributed by atoms with E-state index in [1.54, 1.807) is 37.3 Å². The predicted octanol–water partition coefficient (Wildman–Crippen LogP) is 1.53. The van der Waals surface area contributed by atoms with Crippen LogP contribution in [0.4, 0.5) is 5.69 Å². The molecule has 8 nitrogen and oxygen atoms in total. The minimum atomic E-state index is -3.93. The average molecular weight is 375 g/mol. The molecule has 0 unspecified atom stereocenters. The Morgan fingerprint density at radius 3 is 2.58 bits per heavy atom. The first kappa shape index (κ1) is 17.9. The topological polar surface area (TPSA) is 110 Å². The first-order chi connectivity index (χ1) is 12.4. The van der Waals surface area contributed by atoms with E-state index in [9.17, 15) is 18.0 Å². The van der Waals surface area contributed by atoms with Gasteiger partial charge in [-0.1, -0.05) is 18.2 Å². The molecule has 0 aliphatic rings. The molecular formula is C17H17N3O5S. The highest BCUT2D eigenvalue weighted by Gasteiger charge is 2.18. The Balaban J connectivity index is 1.74. The molecule has 0 aliphatic carbocycles. The molecule has 136 valence electrons. The van der Waals surface area contributed by atoms with Crippen LogP contribution in [0.25, 0.3) is 11.1 Å². The Kier molecular flexibility index (Phi) is 4.92. The molecule has 0 radical (unpaired) electrons. The van der Waals surface area contributed by atoms with Crippen LogP contribution in [0, 0.1) is 0 Å². The van der Waals surface area contributed by atoms with Gasteiger partial charge < -0.3 is 9.73 Å². The van der Waals surface area contributed by atoms with E-state index >= 15 is 0 Å².